The Balaban J connectivity index is 1.70. The summed E-state index contributed by atoms with van der Waals surface area (Å²) in [5, 5.41) is 6.60. The molecule has 0 amide bonds. The second kappa shape index (κ2) is 11.0. The summed E-state index contributed by atoms with van der Waals surface area (Å²) in [6, 6.07) is 15.7. The summed E-state index contributed by atoms with van der Waals surface area (Å²) >= 11 is 0. The molecule has 1 atom stereocenters. The average Bonchev–Trinajstić information content (AvgIpc) is 2.71. The van der Waals surface area contributed by atoms with Crippen LogP contribution in [0.1, 0.15) is 12.5 Å². The zero-order valence-corrected chi connectivity index (χ0v) is 16.5. The van der Waals surface area contributed by atoms with Crippen molar-refractivity contribution in [3.05, 3.63) is 54.1 Å². The Morgan fingerprint density at radius 3 is 2.00 bits per heavy atom. The van der Waals surface area contributed by atoms with Gasteiger partial charge in [0.25, 0.3) is 0 Å². The molecule has 0 aromatic heterocycles. The van der Waals surface area contributed by atoms with Crippen LogP contribution < -0.4 is 24.8 Å². The summed E-state index contributed by atoms with van der Waals surface area (Å²) in [6.45, 7) is 3.45. The fraction of sp³-hybridized carbons (Fsp3) is 0.381. The van der Waals surface area contributed by atoms with Gasteiger partial charge < -0.3 is 24.8 Å². The molecule has 2 N–H and O–H groups in total. The standard InChI is InChI=1S/C21H29N3O3/c1-16(27-20-11-9-19(26-4)10-12-20)15-24-21(22-2)23-14-13-17-5-7-18(25-3)8-6-17/h5-12,16H,13-15H2,1-4H3,(H2,22,23,24). The van der Waals surface area contributed by atoms with Crippen LogP contribution in [-0.2, 0) is 6.42 Å². The maximum absolute atomic E-state index is 5.89. The lowest BCUT2D eigenvalue weighted by Crippen LogP contribution is -2.42. The van der Waals surface area contributed by atoms with Crippen molar-refractivity contribution in [3.63, 3.8) is 0 Å². The molecule has 1 unspecified atom stereocenters. The highest BCUT2D eigenvalue weighted by Gasteiger charge is 2.06. The van der Waals surface area contributed by atoms with E-state index in [1.54, 1.807) is 21.3 Å². The minimum absolute atomic E-state index is 0.00136. The lowest BCUT2D eigenvalue weighted by atomic mass is 10.1. The minimum atomic E-state index is -0.00136. The van der Waals surface area contributed by atoms with E-state index in [-0.39, 0.29) is 6.10 Å². The van der Waals surface area contributed by atoms with E-state index >= 15 is 0 Å². The molecule has 6 heteroatoms. The van der Waals surface area contributed by atoms with E-state index < -0.39 is 0 Å². The summed E-state index contributed by atoms with van der Waals surface area (Å²) < 4.78 is 16.2. The van der Waals surface area contributed by atoms with Gasteiger partial charge in [0.1, 0.15) is 23.4 Å². The van der Waals surface area contributed by atoms with Crippen molar-refractivity contribution in [2.75, 3.05) is 34.4 Å². The SMILES string of the molecule is CN=C(NCCc1ccc(OC)cc1)NCC(C)Oc1ccc(OC)cc1. The molecule has 0 aliphatic carbocycles. The molecule has 0 heterocycles. The molecule has 0 spiro atoms. The third kappa shape index (κ3) is 7.09. The van der Waals surface area contributed by atoms with Gasteiger partial charge >= 0.3 is 0 Å². The Labute approximate surface area is 161 Å². The molecular weight excluding hydrogens is 342 g/mol. The Kier molecular flexibility index (Phi) is 8.29. The number of rotatable bonds is 9. The molecule has 2 rings (SSSR count). The van der Waals surface area contributed by atoms with Crippen molar-refractivity contribution >= 4 is 5.96 Å². The third-order valence-corrected chi connectivity index (χ3v) is 4.04. The van der Waals surface area contributed by atoms with Crippen molar-refractivity contribution in [1.29, 1.82) is 0 Å². The number of guanidine groups is 1. The van der Waals surface area contributed by atoms with Crippen LogP contribution in [-0.4, -0.2) is 46.4 Å². The monoisotopic (exact) mass is 371 g/mol. The number of aliphatic imine (C=N–C) groups is 1. The smallest absolute Gasteiger partial charge is 0.191 e. The Morgan fingerprint density at radius 2 is 1.44 bits per heavy atom. The van der Waals surface area contributed by atoms with Crippen molar-refractivity contribution in [1.82, 2.24) is 10.6 Å². The lowest BCUT2D eigenvalue weighted by Gasteiger charge is -2.18. The maximum Gasteiger partial charge on any atom is 0.191 e. The maximum atomic E-state index is 5.89. The fourth-order valence-electron chi connectivity index (χ4n) is 2.51. The normalized spacial score (nSPS) is 12.2. The molecule has 27 heavy (non-hydrogen) atoms. The van der Waals surface area contributed by atoms with E-state index in [0.29, 0.717) is 6.54 Å². The van der Waals surface area contributed by atoms with Gasteiger partial charge in [0.15, 0.2) is 5.96 Å². The number of ether oxygens (including phenoxy) is 3. The molecule has 2 aromatic rings. The van der Waals surface area contributed by atoms with Crippen LogP contribution in [0.5, 0.6) is 17.2 Å². The molecule has 146 valence electrons. The number of nitrogens with one attached hydrogen (secondary N) is 2. The van der Waals surface area contributed by atoms with Gasteiger partial charge in [-0.1, -0.05) is 12.1 Å². The Hall–Kier alpha value is -2.89. The number of hydrogen-bond donors (Lipinski definition) is 2. The fourth-order valence-corrected chi connectivity index (χ4v) is 2.51. The summed E-state index contributed by atoms with van der Waals surface area (Å²) in [4.78, 5) is 4.25. The van der Waals surface area contributed by atoms with Crippen molar-refractivity contribution in [2.45, 2.75) is 19.4 Å². The first-order chi connectivity index (χ1) is 13.1. The van der Waals surface area contributed by atoms with Crippen LogP contribution in [0, 0.1) is 0 Å². The average molecular weight is 371 g/mol. The predicted octanol–water partition coefficient (Wildman–Crippen LogP) is 2.88. The number of nitrogens with zero attached hydrogens (tertiary/aromatic N) is 1. The van der Waals surface area contributed by atoms with E-state index in [2.05, 4.69) is 27.8 Å². The first-order valence-electron chi connectivity index (χ1n) is 9.02. The predicted molar refractivity (Wildman–Crippen MR) is 109 cm³/mol. The van der Waals surface area contributed by atoms with E-state index in [1.165, 1.54) is 5.56 Å². The van der Waals surface area contributed by atoms with Crippen LogP contribution in [0.4, 0.5) is 0 Å². The molecule has 0 aliphatic heterocycles. The highest BCUT2D eigenvalue weighted by atomic mass is 16.5. The largest absolute Gasteiger partial charge is 0.497 e. The highest BCUT2D eigenvalue weighted by molar-refractivity contribution is 5.79. The topological polar surface area (TPSA) is 64.1 Å². The van der Waals surface area contributed by atoms with E-state index in [0.717, 1.165) is 36.2 Å². The number of methoxy groups -OCH3 is 2. The molecular formula is C21H29N3O3. The van der Waals surface area contributed by atoms with Gasteiger partial charge in [0, 0.05) is 13.6 Å². The number of benzene rings is 2. The van der Waals surface area contributed by atoms with Crippen molar-refractivity contribution < 1.29 is 14.2 Å². The van der Waals surface area contributed by atoms with Gasteiger partial charge in [-0.2, -0.15) is 0 Å². The van der Waals surface area contributed by atoms with E-state index in [1.807, 2.05) is 43.3 Å². The summed E-state index contributed by atoms with van der Waals surface area (Å²) in [5.74, 6) is 3.26. The summed E-state index contributed by atoms with van der Waals surface area (Å²) in [6.07, 6.45) is 0.904. The van der Waals surface area contributed by atoms with E-state index in [9.17, 15) is 0 Å². The van der Waals surface area contributed by atoms with Crippen molar-refractivity contribution in [3.8, 4) is 17.2 Å². The second-order valence-corrected chi connectivity index (χ2v) is 6.08. The Morgan fingerprint density at radius 1 is 0.889 bits per heavy atom. The van der Waals surface area contributed by atoms with Crippen LogP contribution in [0.2, 0.25) is 0 Å². The first-order valence-corrected chi connectivity index (χ1v) is 9.02. The van der Waals surface area contributed by atoms with Crippen LogP contribution in [0.3, 0.4) is 0 Å². The molecule has 0 saturated heterocycles. The summed E-state index contributed by atoms with van der Waals surface area (Å²) in [5.41, 5.74) is 1.25. The molecule has 0 saturated carbocycles. The first kappa shape index (κ1) is 20.4. The molecule has 0 fully saturated rings. The van der Waals surface area contributed by atoms with Crippen molar-refractivity contribution in [2.24, 2.45) is 4.99 Å². The molecule has 0 bridgehead atoms. The van der Waals surface area contributed by atoms with E-state index in [4.69, 9.17) is 14.2 Å². The summed E-state index contributed by atoms with van der Waals surface area (Å²) in [7, 11) is 5.08. The zero-order chi connectivity index (χ0) is 19.5. The quantitative estimate of drug-likeness (QED) is 0.524. The van der Waals surface area contributed by atoms with Gasteiger partial charge in [-0.15, -0.1) is 0 Å². The third-order valence-electron chi connectivity index (χ3n) is 4.04. The van der Waals surface area contributed by atoms with Gasteiger partial charge in [-0.3, -0.25) is 4.99 Å². The van der Waals surface area contributed by atoms with Crippen LogP contribution >= 0.6 is 0 Å². The van der Waals surface area contributed by atoms with Gasteiger partial charge in [-0.05, 0) is 55.3 Å². The molecule has 0 aliphatic rings. The highest BCUT2D eigenvalue weighted by Crippen LogP contribution is 2.18. The van der Waals surface area contributed by atoms with Gasteiger partial charge in [0.2, 0.25) is 0 Å². The zero-order valence-electron chi connectivity index (χ0n) is 16.5. The lowest BCUT2D eigenvalue weighted by molar-refractivity contribution is 0.223. The minimum Gasteiger partial charge on any atom is -0.497 e. The van der Waals surface area contributed by atoms with Crippen LogP contribution in [0.25, 0.3) is 0 Å². The van der Waals surface area contributed by atoms with Gasteiger partial charge in [-0.25, -0.2) is 0 Å². The molecule has 2 aromatic carbocycles. The second-order valence-electron chi connectivity index (χ2n) is 6.08. The van der Waals surface area contributed by atoms with Gasteiger partial charge in [0.05, 0.1) is 20.8 Å². The molecule has 6 nitrogen and oxygen atoms in total. The Bertz CT molecular complexity index is 700. The van der Waals surface area contributed by atoms with Crippen LogP contribution in [0.15, 0.2) is 53.5 Å². The molecule has 0 radical (unpaired) electrons. The number of hydrogen-bond acceptors (Lipinski definition) is 4.